The van der Waals surface area contributed by atoms with Crippen LogP contribution in [0.4, 0.5) is 10.2 Å². The number of fused-ring (bicyclic) bond motifs is 2. The van der Waals surface area contributed by atoms with Crippen molar-refractivity contribution in [2.24, 2.45) is 0 Å². The van der Waals surface area contributed by atoms with E-state index in [1.54, 1.807) is 18.6 Å². The predicted molar refractivity (Wildman–Crippen MR) is 112 cm³/mol. The molecular weight excluding hydrogens is 385 g/mol. The van der Waals surface area contributed by atoms with Crippen LogP contribution >= 0.6 is 0 Å². The normalized spacial score (nSPS) is 10.8. The highest BCUT2D eigenvalue weighted by molar-refractivity contribution is 5.83. The molecule has 4 aromatic heterocycles. The summed E-state index contributed by atoms with van der Waals surface area (Å²) in [5, 5.41) is 4.22. The number of halogens is 1. The van der Waals surface area contributed by atoms with E-state index in [2.05, 4.69) is 30.2 Å². The van der Waals surface area contributed by atoms with Gasteiger partial charge in [0.2, 0.25) is 0 Å². The van der Waals surface area contributed by atoms with Crippen LogP contribution in [0, 0.1) is 5.82 Å². The quantitative estimate of drug-likeness (QED) is 0.465. The lowest BCUT2D eigenvalue weighted by Gasteiger charge is -2.12. The molecule has 0 fully saturated rings. The average Bonchev–Trinajstić information content (AvgIpc) is 3.24. The third-order valence-electron chi connectivity index (χ3n) is 4.68. The number of pyridine rings is 2. The van der Waals surface area contributed by atoms with Gasteiger partial charge in [-0.05, 0) is 42.3 Å². The predicted octanol–water partition coefficient (Wildman–Crippen LogP) is 2.93. The maximum absolute atomic E-state index is 13.7. The summed E-state index contributed by atoms with van der Waals surface area (Å²) >= 11 is 0. The van der Waals surface area contributed by atoms with E-state index >= 15 is 0 Å². The molecule has 0 unspecified atom stereocenters. The average molecular weight is 403 g/mol. The lowest BCUT2D eigenvalue weighted by molar-refractivity contribution is 0.629. The number of H-pyrrole nitrogens is 1. The Labute approximate surface area is 170 Å². The maximum atomic E-state index is 13.7. The van der Waals surface area contributed by atoms with Crippen LogP contribution in [-0.2, 0) is 6.42 Å². The number of imidazole rings is 1. The first kappa shape index (κ1) is 19.3. The molecule has 0 aliphatic rings. The van der Waals surface area contributed by atoms with Gasteiger partial charge in [0.1, 0.15) is 17.7 Å². The van der Waals surface area contributed by atoms with Crippen LogP contribution in [0.15, 0.2) is 61.3 Å². The third-order valence-corrected chi connectivity index (χ3v) is 4.68. The van der Waals surface area contributed by atoms with Crippen molar-refractivity contribution >= 4 is 27.9 Å². The molecule has 5 rings (SSSR count). The SMILES string of the molecule is Fc1ccc2cc(CCNc3ncnc4nc[nH]c34)c(-c3ccccn3)nc2c1.O. The van der Waals surface area contributed by atoms with Crippen molar-refractivity contribution in [1.29, 1.82) is 0 Å². The number of aromatic nitrogens is 6. The molecule has 0 atom stereocenters. The van der Waals surface area contributed by atoms with E-state index in [1.807, 2.05) is 24.3 Å². The van der Waals surface area contributed by atoms with Gasteiger partial charge in [-0.25, -0.2) is 24.3 Å². The van der Waals surface area contributed by atoms with Crippen LogP contribution in [0.3, 0.4) is 0 Å². The number of aromatic amines is 1. The first-order valence-corrected chi connectivity index (χ1v) is 9.16. The lowest BCUT2D eigenvalue weighted by Crippen LogP contribution is -2.09. The van der Waals surface area contributed by atoms with Gasteiger partial charge in [0.05, 0.1) is 23.2 Å². The molecule has 8 nitrogen and oxygen atoms in total. The topological polar surface area (TPSA) is 124 Å². The number of rotatable bonds is 5. The smallest absolute Gasteiger partial charge is 0.182 e. The molecule has 4 N–H and O–H groups in total. The second-order valence-corrected chi connectivity index (χ2v) is 6.55. The fourth-order valence-corrected chi connectivity index (χ4v) is 3.31. The van der Waals surface area contributed by atoms with Crippen LogP contribution in [0.2, 0.25) is 0 Å². The summed E-state index contributed by atoms with van der Waals surface area (Å²) in [4.78, 5) is 24.7. The van der Waals surface area contributed by atoms with Crippen LogP contribution < -0.4 is 5.32 Å². The van der Waals surface area contributed by atoms with Gasteiger partial charge in [0.25, 0.3) is 0 Å². The van der Waals surface area contributed by atoms with Crippen LogP contribution in [0.5, 0.6) is 0 Å². The zero-order valence-corrected chi connectivity index (χ0v) is 15.8. The summed E-state index contributed by atoms with van der Waals surface area (Å²) in [6, 6.07) is 12.4. The molecular formula is C21H18FN7O. The summed E-state index contributed by atoms with van der Waals surface area (Å²) in [7, 11) is 0. The van der Waals surface area contributed by atoms with Crippen molar-refractivity contribution in [2.75, 3.05) is 11.9 Å². The van der Waals surface area contributed by atoms with Gasteiger partial charge in [-0.15, -0.1) is 0 Å². The molecule has 30 heavy (non-hydrogen) atoms. The van der Waals surface area contributed by atoms with Crippen molar-refractivity contribution in [3.63, 3.8) is 0 Å². The highest BCUT2D eigenvalue weighted by Crippen LogP contribution is 2.25. The number of benzene rings is 1. The molecule has 0 radical (unpaired) electrons. The van der Waals surface area contributed by atoms with Crippen molar-refractivity contribution in [3.8, 4) is 11.4 Å². The van der Waals surface area contributed by atoms with Gasteiger partial charge in [-0.2, -0.15) is 0 Å². The minimum Gasteiger partial charge on any atom is -0.412 e. The number of hydrogen-bond donors (Lipinski definition) is 2. The molecule has 0 bridgehead atoms. The molecule has 150 valence electrons. The summed E-state index contributed by atoms with van der Waals surface area (Å²) in [5.74, 6) is 0.390. The van der Waals surface area contributed by atoms with Gasteiger partial charge < -0.3 is 15.8 Å². The second-order valence-electron chi connectivity index (χ2n) is 6.55. The molecule has 5 aromatic rings. The summed E-state index contributed by atoms with van der Waals surface area (Å²) in [5.41, 5.74) is 4.52. The monoisotopic (exact) mass is 403 g/mol. The highest BCUT2D eigenvalue weighted by Gasteiger charge is 2.12. The van der Waals surface area contributed by atoms with E-state index in [-0.39, 0.29) is 11.3 Å². The summed E-state index contributed by atoms with van der Waals surface area (Å²) < 4.78 is 13.7. The van der Waals surface area contributed by atoms with Gasteiger partial charge in [-0.1, -0.05) is 6.07 Å². The molecule has 4 heterocycles. The van der Waals surface area contributed by atoms with E-state index in [0.29, 0.717) is 29.9 Å². The Bertz CT molecular complexity index is 1310. The van der Waals surface area contributed by atoms with Gasteiger partial charge in [0.15, 0.2) is 11.5 Å². The Morgan fingerprint density at radius 3 is 2.80 bits per heavy atom. The summed E-state index contributed by atoms with van der Waals surface area (Å²) in [6.45, 7) is 0.624. The molecule has 0 aliphatic carbocycles. The summed E-state index contributed by atoms with van der Waals surface area (Å²) in [6.07, 6.45) is 5.49. The van der Waals surface area contributed by atoms with Crippen molar-refractivity contribution in [2.45, 2.75) is 6.42 Å². The second kappa shape index (κ2) is 8.18. The van der Waals surface area contributed by atoms with Crippen molar-refractivity contribution in [1.82, 2.24) is 29.9 Å². The number of nitrogens with zero attached hydrogens (tertiary/aromatic N) is 5. The van der Waals surface area contributed by atoms with E-state index in [4.69, 9.17) is 4.98 Å². The largest absolute Gasteiger partial charge is 0.412 e. The first-order valence-electron chi connectivity index (χ1n) is 9.16. The van der Waals surface area contributed by atoms with Crippen LogP contribution in [0.25, 0.3) is 33.5 Å². The lowest BCUT2D eigenvalue weighted by atomic mass is 10.0. The third kappa shape index (κ3) is 3.65. The minimum absolute atomic E-state index is 0. The molecule has 1 aromatic carbocycles. The Balaban J connectivity index is 0.00000218. The zero-order chi connectivity index (χ0) is 19.6. The van der Waals surface area contributed by atoms with Crippen LogP contribution in [0.1, 0.15) is 5.56 Å². The fraction of sp³-hybridized carbons (Fsp3) is 0.0952. The standard InChI is InChI=1S/C21H16FN7.H2O/c22-15-5-4-13-9-14(18(29-17(13)10-15)16-3-1-2-7-23-16)6-8-24-20-19-21(26-11-25-19)28-12-27-20;/h1-5,7,9-12H,6,8H2,(H2,24,25,26,27,28);1H2. The van der Waals surface area contributed by atoms with E-state index in [9.17, 15) is 4.39 Å². The Hall–Kier alpha value is -3.98. The first-order chi connectivity index (χ1) is 14.3. The molecule has 9 heteroatoms. The number of hydrogen-bond acceptors (Lipinski definition) is 6. The highest BCUT2D eigenvalue weighted by atomic mass is 19.1. The van der Waals surface area contributed by atoms with Gasteiger partial charge in [-0.3, -0.25) is 4.98 Å². The van der Waals surface area contributed by atoms with Gasteiger partial charge in [0, 0.05) is 24.2 Å². The fourth-order valence-electron chi connectivity index (χ4n) is 3.31. The Kier molecular flexibility index (Phi) is 5.27. The Morgan fingerprint density at radius 1 is 1.00 bits per heavy atom. The molecule has 0 saturated carbocycles. The van der Waals surface area contributed by atoms with E-state index in [0.717, 1.165) is 27.9 Å². The molecule has 0 saturated heterocycles. The van der Waals surface area contributed by atoms with Crippen molar-refractivity contribution in [3.05, 3.63) is 72.7 Å². The molecule has 0 amide bonds. The molecule has 0 spiro atoms. The van der Waals surface area contributed by atoms with Crippen LogP contribution in [-0.4, -0.2) is 41.9 Å². The number of nitrogens with one attached hydrogen (secondary N) is 2. The number of anilines is 1. The van der Waals surface area contributed by atoms with Gasteiger partial charge >= 0.3 is 0 Å². The van der Waals surface area contributed by atoms with Crippen molar-refractivity contribution < 1.29 is 9.87 Å². The Morgan fingerprint density at radius 2 is 1.93 bits per heavy atom. The van der Waals surface area contributed by atoms with E-state index in [1.165, 1.54) is 18.5 Å². The minimum atomic E-state index is -0.307. The zero-order valence-electron chi connectivity index (χ0n) is 15.8. The maximum Gasteiger partial charge on any atom is 0.182 e. The molecule has 0 aliphatic heterocycles. The van der Waals surface area contributed by atoms with E-state index < -0.39 is 0 Å².